The molecule has 2 aromatic rings. The lowest BCUT2D eigenvalue weighted by Crippen LogP contribution is -2.52. The van der Waals surface area contributed by atoms with Crippen LogP contribution in [-0.4, -0.2) is 75.2 Å². The number of hydrogen-bond donors (Lipinski definition) is 2. The van der Waals surface area contributed by atoms with Crippen LogP contribution in [0.1, 0.15) is 15.2 Å². The Morgan fingerprint density at radius 2 is 1.80 bits per heavy atom. The van der Waals surface area contributed by atoms with Gasteiger partial charge >= 0.3 is 6.03 Å². The standard InChI is InChI=1S/C21H28N4O4S/c1-28-17-6-5-16(14-18(17)29-2)15-23-21(27)25-11-9-24(10-12-25)8-7-22-20(26)19-4-3-13-30-19/h3-6,13-14H,7-12,15H2,1-2H3,(H,22,26)(H,23,27). The van der Waals surface area contributed by atoms with Gasteiger partial charge in [-0.1, -0.05) is 12.1 Å². The van der Waals surface area contributed by atoms with Gasteiger partial charge in [0.05, 0.1) is 19.1 Å². The number of piperazine rings is 1. The number of nitrogens with zero attached hydrogens (tertiary/aromatic N) is 2. The SMILES string of the molecule is COc1ccc(CNC(=O)N2CCN(CCNC(=O)c3cccs3)CC2)cc1OC. The summed E-state index contributed by atoms with van der Waals surface area (Å²) in [6.07, 6.45) is 0. The molecule has 1 saturated heterocycles. The number of ether oxygens (including phenoxy) is 2. The molecule has 9 heteroatoms. The van der Waals surface area contributed by atoms with Crippen LogP contribution in [0.2, 0.25) is 0 Å². The summed E-state index contributed by atoms with van der Waals surface area (Å²) < 4.78 is 10.5. The van der Waals surface area contributed by atoms with Crippen LogP contribution in [0.3, 0.4) is 0 Å². The van der Waals surface area contributed by atoms with Crippen LogP contribution >= 0.6 is 11.3 Å². The highest BCUT2D eigenvalue weighted by Crippen LogP contribution is 2.27. The average molecular weight is 433 g/mol. The fourth-order valence-corrected chi connectivity index (χ4v) is 3.92. The largest absolute Gasteiger partial charge is 0.493 e. The molecule has 2 heterocycles. The number of carbonyl (C=O) groups excluding carboxylic acids is 2. The van der Waals surface area contributed by atoms with E-state index in [4.69, 9.17) is 9.47 Å². The average Bonchev–Trinajstić information content (AvgIpc) is 3.32. The fourth-order valence-electron chi connectivity index (χ4n) is 3.28. The van der Waals surface area contributed by atoms with Gasteiger partial charge in [0.1, 0.15) is 0 Å². The minimum Gasteiger partial charge on any atom is -0.493 e. The second-order valence-electron chi connectivity index (χ2n) is 6.91. The van der Waals surface area contributed by atoms with Gasteiger partial charge in [-0.25, -0.2) is 4.79 Å². The zero-order valence-electron chi connectivity index (χ0n) is 17.3. The normalized spacial score (nSPS) is 14.3. The Hall–Kier alpha value is -2.78. The van der Waals surface area contributed by atoms with Gasteiger partial charge in [0.25, 0.3) is 5.91 Å². The Bertz CT molecular complexity index is 836. The van der Waals surface area contributed by atoms with E-state index in [1.54, 1.807) is 14.2 Å². The number of rotatable bonds is 8. The predicted molar refractivity (Wildman–Crippen MR) is 116 cm³/mol. The topological polar surface area (TPSA) is 83.1 Å². The molecule has 0 radical (unpaired) electrons. The van der Waals surface area contributed by atoms with Crippen molar-refractivity contribution in [1.29, 1.82) is 0 Å². The molecule has 0 bridgehead atoms. The molecule has 1 fully saturated rings. The van der Waals surface area contributed by atoms with Crippen LogP contribution in [0.4, 0.5) is 4.79 Å². The Morgan fingerprint density at radius 3 is 2.47 bits per heavy atom. The quantitative estimate of drug-likeness (QED) is 0.667. The summed E-state index contributed by atoms with van der Waals surface area (Å²) in [4.78, 5) is 29.2. The number of hydrogen-bond acceptors (Lipinski definition) is 6. The maximum Gasteiger partial charge on any atom is 0.317 e. The van der Waals surface area contributed by atoms with Crippen LogP contribution in [0.5, 0.6) is 11.5 Å². The number of thiophene rings is 1. The highest BCUT2D eigenvalue weighted by atomic mass is 32.1. The molecule has 0 aliphatic carbocycles. The fraction of sp³-hybridized carbons (Fsp3) is 0.429. The first kappa shape index (κ1) is 21.9. The number of carbonyl (C=O) groups is 2. The number of methoxy groups -OCH3 is 2. The summed E-state index contributed by atoms with van der Waals surface area (Å²) in [6.45, 7) is 4.71. The first-order valence-electron chi connectivity index (χ1n) is 9.88. The summed E-state index contributed by atoms with van der Waals surface area (Å²) in [5.74, 6) is 1.28. The molecule has 0 atom stereocenters. The summed E-state index contributed by atoms with van der Waals surface area (Å²) in [5.41, 5.74) is 0.945. The van der Waals surface area contributed by atoms with Gasteiger partial charge in [-0.15, -0.1) is 11.3 Å². The van der Waals surface area contributed by atoms with Gasteiger partial charge in [-0.3, -0.25) is 9.69 Å². The third-order valence-corrected chi connectivity index (χ3v) is 5.88. The molecule has 30 heavy (non-hydrogen) atoms. The first-order chi connectivity index (χ1) is 14.6. The lowest BCUT2D eigenvalue weighted by Gasteiger charge is -2.34. The zero-order chi connectivity index (χ0) is 21.3. The molecule has 8 nitrogen and oxygen atoms in total. The molecule has 1 aliphatic heterocycles. The van der Waals surface area contributed by atoms with E-state index in [0.29, 0.717) is 37.7 Å². The van der Waals surface area contributed by atoms with Crippen molar-refractivity contribution < 1.29 is 19.1 Å². The smallest absolute Gasteiger partial charge is 0.317 e. The maximum atomic E-state index is 12.5. The molecular formula is C21H28N4O4S. The zero-order valence-corrected chi connectivity index (χ0v) is 18.2. The Balaban J connectivity index is 1.36. The summed E-state index contributed by atoms with van der Waals surface area (Å²) in [6, 6.07) is 9.21. The van der Waals surface area contributed by atoms with Crippen LogP contribution in [0.15, 0.2) is 35.7 Å². The molecule has 1 aromatic carbocycles. The van der Waals surface area contributed by atoms with E-state index in [1.807, 2.05) is 40.6 Å². The van der Waals surface area contributed by atoms with Gasteiger partial charge in [-0.2, -0.15) is 0 Å². The molecule has 2 N–H and O–H groups in total. The molecule has 3 amide bonds. The van der Waals surface area contributed by atoms with Crippen molar-refractivity contribution >= 4 is 23.3 Å². The third kappa shape index (κ3) is 5.87. The Morgan fingerprint density at radius 1 is 1.03 bits per heavy atom. The van der Waals surface area contributed by atoms with E-state index in [2.05, 4.69) is 15.5 Å². The van der Waals surface area contributed by atoms with Crippen molar-refractivity contribution in [3.8, 4) is 11.5 Å². The van der Waals surface area contributed by atoms with Crippen molar-refractivity contribution in [2.45, 2.75) is 6.54 Å². The monoisotopic (exact) mass is 432 g/mol. The second-order valence-corrected chi connectivity index (χ2v) is 7.86. The maximum absolute atomic E-state index is 12.5. The van der Waals surface area contributed by atoms with E-state index in [1.165, 1.54) is 11.3 Å². The number of urea groups is 1. The van der Waals surface area contributed by atoms with E-state index in [9.17, 15) is 9.59 Å². The number of benzene rings is 1. The minimum atomic E-state index is -0.0737. The van der Waals surface area contributed by atoms with Crippen molar-refractivity contribution in [3.05, 3.63) is 46.2 Å². The molecule has 1 aliphatic rings. The minimum absolute atomic E-state index is 0.0295. The molecule has 0 saturated carbocycles. The molecule has 162 valence electrons. The lowest BCUT2D eigenvalue weighted by molar-refractivity contribution is 0.0946. The third-order valence-electron chi connectivity index (χ3n) is 5.01. The Kier molecular flexibility index (Phi) is 7.92. The van der Waals surface area contributed by atoms with Gasteiger partial charge in [0.2, 0.25) is 0 Å². The van der Waals surface area contributed by atoms with E-state index >= 15 is 0 Å². The summed E-state index contributed by atoms with van der Waals surface area (Å²) >= 11 is 1.44. The summed E-state index contributed by atoms with van der Waals surface area (Å²) in [7, 11) is 3.18. The Labute approximate surface area is 180 Å². The predicted octanol–water partition coefficient (Wildman–Crippen LogP) is 2.02. The van der Waals surface area contributed by atoms with Gasteiger partial charge in [0, 0.05) is 45.8 Å². The van der Waals surface area contributed by atoms with Crippen LogP contribution in [0, 0.1) is 0 Å². The van der Waals surface area contributed by atoms with E-state index in [0.717, 1.165) is 30.1 Å². The van der Waals surface area contributed by atoms with Crippen molar-refractivity contribution in [2.75, 3.05) is 53.5 Å². The highest BCUT2D eigenvalue weighted by molar-refractivity contribution is 7.12. The number of amides is 3. The van der Waals surface area contributed by atoms with Crippen LogP contribution in [-0.2, 0) is 6.54 Å². The van der Waals surface area contributed by atoms with Crippen molar-refractivity contribution in [1.82, 2.24) is 20.4 Å². The lowest BCUT2D eigenvalue weighted by atomic mass is 10.2. The van der Waals surface area contributed by atoms with Gasteiger partial charge in [-0.05, 0) is 29.1 Å². The molecular weight excluding hydrogens is 404 g/mol. The van der Waals surface area contributed by atoms with E-state index < -0.39 is 0 Å². The van der Waals surface area contributed by atoms with Crippen molar-refractivity contribution in [3.63, 3.8) is 0 Å². The summed E-state index contributed by atoms with van der Waals surface area (Å²) in [5, 5.41) is 7.80. The molecule has 0 unspecified atom stereocenters. The van der Waals surface area contributed by atoms with Gasteiger partial charge < -0.3 is 25.0 Å². The highest BCUT2D eigenvalue weighted by Gasteiger charge is 2.21. The number of nitrogens with one attached hydrogen (secondary N) is 2. The van der Waals surface area contributed by atoms with Crippen LogP contribution < -0.4 is 20.1 Å². The van der Waals surface area contributed by atoms with Gasteiger partial charge in [0.15, 0.2) is 11.5 Å². The van der Waals surface area contributed by atoms with Crippen LogP contribution in [0.25, 0.3) is 0 Å². The first-order valence-corrected chi connectivity index (χ1v) is 10.8. The van der Waals surface area contributed by atoms with Crippen molar-refractivity contribution in [2.24, 2.45) is 0 Å². The second kappa shape index (κ2) is 10.8. The molecule has 3 rings (SSSR count). The molecule has 1 aromatic heterocycles. The molecule has 0 spiro atoms. The van der Waals surface area contributed by atoms with E-state index in [-0.39, 0.29) is 11.9 Å².